The predicted octanol–water partition coefficient (Wildman–Crippen LogP) is 2.43. The van der Waals surface area contributed by atoms with Crippen LogP contribution in [0.1, 0.15) is 42.2 Å². The second-order valence-corrected chi connectivity index (χ2v) is 5.23. The molecular formula is C14H19NO2. The molecule has 0 radical (unpaired) electrons. The molecule has 0 N–H and O–H groups in total. The van der Waals surface area contributed by atoms with E-state index in [2.05, 4.69) is 17.7 Å². The lowest BCUT2D eigenvalue weighted by atomic mass is 9.96. The van der Waals surface area contributed by atoms with E-state index in [9.17, 15) is 4.79 Å². The molecule has 0 amide bonds. The molecular weight excluding hydrogens is 214 g/mol. The van der Waals surface area contributed by atoms with E-state index >= 15 is 0 Å². The van der Waals surface area contributed by atoms with Gasteiger partial charge >= 0.3 is 0 Å². The molecule has 3 heteroatoms. The van der Waals surface area contributed by atoms with Crippen LogP contribution in [-0.2, 0) is 17.7 Å². The Morgan fingerprint density at radius 3 is 3.12 bits per heavy atom. The summed E-state index contributed by atoms with van der Waals surface area (Å²) in [6.45, 7) is 4.04. The number of carbonyl (C=O) groups excluding carboxylic acids is 1. The molecule has 0 bridgehead atoms. The van der Waals surface area contributed by atoms with Crippen LogP contribution in [0.2, 0.25) is 0 Å². The highest BCUT2D eigenvalue weighted by Crippen LogP contribution is 2.27. The summed E-state index contributed by atoms with van der Waals surface area (Å²) in [5, 5.41) is 0. The summed E-state index contributed by atoms with van der Waals surface area (Å²) >= 11 is 0. The van der Waals surface area contributed by atoms with Crippen molar-refractivity contribution in [1.29, 1.82) is 0 Å². The van der Waals surface area contributed by atoms with Crippen molar-refractivity contribution in [2.75, 3.05) is 6.61 Å². The van der Waals surface area contributed by atoms with E-state index in [0.717, 1.165) is 44.4 Å². The Balaban J connectivity index is 1.82. The molecule has 1 aliphatic heterocycles. The minimum Gasteiger partial charge on any atom is -0.378 e. The summed E-state index contributed by atoms with van der Waals surface area (Å²) in [6.07, 6.45) is 6.36. The number of rotatable bonds is 2. The van der Waals surface area contributed by atoms with Gasteiger partial charge in [-0.05, 0) is 32.3 Å². The first-order valence-electron chi connectivity index (χ1n) is 6.58. The van der Waals surface area contributed by atoms with Crippen molar-refractivity contribution in [3.8, 4) is 0 Å². The normalized spacial score (nSPS) is 28.4. The molecule has 1 aliphatic carbocycles. The quantitative estimate of drug-likeness (QED) is 0.785. The van der Waals surface area contributed by atoms with Crippen molar-refractivity contribution >= 4 is 5.78 Å². The van der Waals surface area contributed by atoms with Gasteiger partial charge in [0.05, 0.1) is 6.10 Å². The first kappa shape index (κ1) is 11.0. The van der Waals surface area contributed by atoms with Crippen LogP contribution in [0.3, 0.4) is 0 Å². The van der Waals surface area contributed by atoms with Crippen molar-refractivity contribution in [3.05, 3.63) is 23.5 Å². The summed E-state index contributed by atoms with van der Waals surface area (Å²) in [7, 11) is 0. The van der Waals surface area contributed by atoms with Crippen molar-refractivity contribution < 1.29 is 9.53 Å². The molecule has 2 heterocycles. The second-order valence-electron chi connectivity index (χ2n) is 5.23. The zero-order valence-electron chi connectivity index (χ0n) is 10.3. The Bertz CT molecular complexity index is 435. The molecule has 0 saturated carbocycles. The van der Waals surface area contributed by atoms with Gasteiger partial charge in [0, 0.05) is 42.9 Å². The van der Waals surface area contributed by atoms with Crippen LogP contribution >= 0.6 is 0 Å². The Morgan fingerprint density at radius 1 is 1.47 bits per heavy atom. The number of ketones is 1. The Hall–Kier alpha value is -1.09. The van der Waals surface area contributed by atoms with Crippen molar-refractivity contribution in [2.45, 2.75) is 45.3 Å². The summed E-state index contributed by atoms with van der Waals surface area (Å²) in [4.78, 5) is 11.8. The molecule has 1 saturated heterocycles. The molecule has 1 aromatic rings. The number of hydrogen-bond donors (Lipinski definition) is 0. The van der Waals surface area contributed by atoms with Gasteiger partial charge in [-0.15, -0.1) is 0 Å². The number of fused-ring (bicyclic) bond motifs is 1. The van der Waals surface area contributed by atoms with Crippen LogP contribution in [0.25, 0.3) is 0 Å². The van der Waals surface area contributed by atoms with Gasteiger partial charge in [0.1, 0.15) is 0 Å². The Kier molecular flexibility index (Phi) is 2.79. The van der Waals surface area contributed by atoms with E-state index in [1.165, 1.54) is 5.69 Å². The summed E-state index contributed by atoms with van der Waals surface area (Å²) in [6, 6.07) is 2.00. The van der Waals surface area contributed by atoms with Crippen molar-refractivity contribution in [2.24, 2.45) is 5.92 Å². The van der Waals surface area contributed by atoms with Gasteiger partial charge in [-0.2, -0.15) is 0 Å². The van der Waals surface area contributed by atoms with Gasteiger partial charge in [0.2, 0.25) is 0 Å². The fourth-order valence-corrected chi connectivity index (χ4v) is 3.03. The molecule has 3 nitrogen and oxygen atoms in total. The van der Waals surface area contributed by atoms with Gasteiger partial charge in [0.25, 0.3) is 0 Å². The van der Waals surface area contributed by atoms with Gasteiger partial charge in [0.15, 0.2) is 5.78 Å². The van der Waals surface area contributed by atoms with E-state index < -0.39 is 0 Å². The minimum absolute atomic E-state index is 0.320. The average Bonchev–Trinajstić information content (AvgIpc) is 2.89. The third-order valence-corrected chi connectivity index (χ3v) is 4.16. The maximum Gasteiger partial charge on any atom is 0.164 e. The molecule has 2 unspecified atom stereocenters. The first-order chi connectivity index (χ1) is 8.25. The number of aromatic nitrogens is 1. The van der Waals surface area contributed by atoms with Crippen LogP contribution in [0.5, 0.6) is 0 Å². The number of carbonyl (C=O) groups is 1. The van der Waals surface area contributed by atoms with E-state index in [0.29, 0.717) is 17.8 Å². The zero-order chi connectivity index (χ0) is 11.8. The largest absolute Gasteiger partial charge is 0.378 e. The summed E-state index contributed by atoms with van der Waals surface area (Å²) in [5.74, 6) is 0.921. The zero-order valence-corrected chi connectivity index (χ0v) is 10.3. The Morgan fingerprint density at radius 2 is 2.35 bits per heavy atom. The monoisotopic (exact) mass is 233 g/mol. The van der Waals surface area contributed by atoms with E-state index in [1.54, 1.807) is 0 Å². The third-order valence-electron chi connectivity index (χ3n) is 4.16. The maximum atomic E-state index is 11.8. The lowest BCUT2D eigenvalue weighted by Gasteiger charge is -2.19. The van der Waals surface area contributed by atoms with Crippen LogP contribution in [0.15, 0.2) is 12.3 Å². The number of ether oxygens (including phenoxy) is 1. The SMILES string of the molecule is CC1OCCC1Cn1ccc2c1CCCC2=O. The minimum atomic E-state index is 0.320. The van der Waals surface area contributed by atoms with E-state index in [4.69, 9.17) is 4.74 Å². The third kappa shape index (κ3) is 1.93. The molecule has 92 valence electrons. The smallest absolute Gasteiger partial charge is 0.164 e. The maximum absolute atomic E-state index is 11.8. The van der Waals surface area contributed by atoms with Gasteiger partial charge in [-0.25, -0.2) is 0 Å². The van der Waals surface area contributed by atoms with Crippen LogP contribution < -0.4 is 0 Å². The molecule has 2 aliphatic rings. The van der Waals surface area contributed by atoms with E-state index in [1.807, 2.05) is 6.07 Å². The summed E-state index contributed by atoms with van der Waals surface area (Å²) < 4.78 is 7.88. The highest BCUT2D eigenvalue weighted by atomic mass is 16.5. The average molecular weight is 233 g/mol. The lowest BCUT2D eigenvalue weighted by molar-refractivity contribution is 0.0969. The van der Waals surface area contributed by atoms with Gasteiger partial charge in [-0.1, -0.05) is 0 Å². The topological polar surface area (TPSA) is 31.2 Å². The standard InChI is InChI=1S/C14H19NO2/c1-10-11(6-8-17-10)9-15-7-5-12-13(15)3-2-4-14(12)16/h5,7,10-11H,2-4,6,8-9H2,1H3. The van der Waals surface area contributed by atoms with Crippen LogP contribution in [0.4, 0.5) is 0 Å². The molecule has 1 fully saturated rings. The second kappa shape index (κ2) is 4.30. The fraction of sp³-hybridized carbons (Fsp3) is 0.643. The predicted molar refractivity (Wildman–Crippen MR) is 65.2 cm³/mol. The molecule has 2 atom stereocenters. The molecule has 17 heavy (non-hydrogen) atoms. The Labute approximate surface area is 102 Å². The number of Topliss-reactive ketones (excluding diaryl/α,β-unsaturated/α-hetero) is 1. The highest BCUT2D eigenvalue weighted by Gasteiger charge is 2.27. The lowest BCUT2D eigenvalue weighted by Crippen LogP contribution is -2.20. The number of hydrogen-bond acceptors (Lipinski definition) is 2. The van der Waals surface area contributed by atoms with Crippen LogP contribution in [0, 0.1) is 5.92 Å². The molecule has 3 rings (SSSR count). The fourth-order valence-electron chi connectivity index (χ4n) is 3.03. The van der Waals surface area contributed by atoms with E-state index in [-0.39, 0.29) is 0 Å². The van der Waals surface area contributed by atoms with Crippen LogP contribution in [-0.4, -0.2) is 23.1 Å². The van der Waals surface area contributed by atoms with Gasteiger partial charge in [-0.3, -0.25) is 4.79 Å². The highest BCUT2D eigenvalue weighted by molar-refractivity contribution is 5.98. The summed E-state index contributed by atoms with van der Waals surface area (Å²) in [5.41, 5.74) is 2.21. The molecule has 0 spiro atoms. The van der Waals surface area contributed by atoms with Gasteiger partial charge < -0.3 is 9.30 Å². The molecule has 0 aromatic carbocycles. The van der Waals surface area contributed by atoms with Crippen molar-refractivity contribution in [1.82, 2.24) is 4.57 Å². The van der Waals surface area contributed by atoms with Crippen molar-refractivity contribution in [3.63, 3.8) is 0 Å². The molecule has 1 aromatic heterocycles. The first-order valence-corrected chi connectivity index (χ1v) is 6.58. The number of nitrogens with zero attached hydrogens (tertiary/aromatic N) is 1.